The number of rotatable bonds is 5. The van der Waals surface area contributed by atoms with Crippen LogP contribution in [-0.4, -0.2) is 25.1 Å². The molecule has 0 amide bonds. The van der Waals surface area contributed by atoms with Crippen LogP contribution in [0, 0.1) is 6.92 Å². The molecule has 0 saturated carbocycles. The average molecular weight is 236 g/mol. The highest BCUT2D eigenvalue weighted by molar-refractivity contribution is 5.75. The van der Waals surface area contributed by atoms with Gasteiger partial charge >= 0.3 is 0 Å². The molecule has 1 rings (SSSR count). The van der Waals surface area contributed by atoms with E-state index >= 15 is 0 Å². The Balaban J connectivity index is 2.48. The first-order valence-electron chi connectivity index (χ1n) is 5.75. The topological polar surface area (TPSA) is 35.5 Å². The van der Waals surface area contributed by atoms with Crippen molar-refractivity contribution in [1.29, 1.82) is 0 Å². The highest BCUT2D eigenvalue weighted by Gasteiger charge is 2.09. The van der Waals surface area contributed by atoms with E-state index in [1.807, 2.05) is 33.8 Å². The summed E-state index contributed by atoms with van der Waals surface area (Å²) in [5.74, 6) is 0.743. The minimum absolute atomic E-state index is 0.150. The zero-order valence-electron chi connectivity index (χ0n) is 10.9. The van der Waals surface area contributed by atoms with Crippen LogP contribution >= 0.6 is 0 Å². The molecule has 0 aliphatic rings. The van der Waals surface area contributed by atoms with Crippen LogP contribution in [0.2, 0.25) is 0 Å². The molecule has 0 heterocycles. The maximum atomic E-state index is 10.7. The summed E-state index contributed by atoms with van der Waals surface area (Å²) in [6.45, 7) is 8.99. The fourth-order valence-corrected chi connectivity index (χ4v) is 1.34. The quantitative estimate of drug-likeness (QED) is 0.582. The standard InChI is InChI=1S/C14H20O3/c1-11-5-6-12(10-15)9-13(11)16-7-8-17-14(2,3)4/h5-6,9-10H,7-8H2,1-4H3. The maximum Gasteiger partial charge on any atom is 0.150 e. The van der Waals surface area contributed by atoms with Crippen molar-refractivity contribution in [2.75, 3.05) is 13.2 Å². The third kappa shape index (κ3) is 5.00. The molecule has 3 nitrogen and oxygen atoms in total. The lowest BCUT2D eigenvalue weighted by atomic mass is 10.1. The van der Waals surface area contributed by atoms with Crippen molar-refractivity contribution < 1.29 is 14.3 Å². The summed E-state index contributed by atoms with van der Waals surface area (Å²) in [6, 6.07) is 5.41. The summed E-state index contributed by atoms with van der Waals surface area (Å²) >= 11 is 0. The maximum absolute atomic E-state index is 10.7. The van der Waals surface area contributed by atoms with E-state index in [2.05, 4.69) is 0 Å². The molecule has 0 bridgehead atoms. The second-order valence-corrected chi connectivity index (χ2v) is 4.95. The first-order valence-corrected chi connectivity index (χ1v) is 5.75. The fourth-order valence-electron chi connectivity index (χ4n) is 1.34. The van der Waals surface area contributed by atoms with Gasteiger partial charge in [-0.2, -0.15) is 0 Å². The Labute approximate surface area is 103 Å². The Morgan fingerprint density at radius 3 is 2.53 bits per heavy atom. The molecule has 94 valence electrons. The van der Waals surface area contributed by atoms with E-state index in [1.54, 1.807) is 12.1 Å². The van der Waals surface area contributed by atoms with Gasteiger partial charge in [0.05, 0.1) is 12.2 Å². The van der Waals surface area contributed by atoms with Crippen LogP contribution < -0.4 is 4.74 Å². The zero-order chi connectivity index (χ0) is 12.9. The SMILES string of the molecule is Cc1ccc(C=O)cc1OCCOC(C)(C)C. The molecule has 0 saturated heterocycles. The molecule has 1 aromatic rings. The second kappa shape index (κ2) is 5.82. The van der Waals surface area contributed by atoms with Crippen LogP contribution in [0.5, 0.6) is 5.75 Å². The summed E-state index contributed by atoms with van der Waals surface area (Å²) in [5, 5.41) is 0. The van der Waals surface area contributed by atoms with Crippen molar-refractivity contribution >= 4 is 6.29 Å². The highest BCUT2D eigenvalue weighted by atomic mass is 16.5. The number of hydrogen-bond donors (Lipinski definition) is 0. The minimum atomic E-state index is -0.150. The summed E-state index contributed by atoms with van der Waals surface area (Å²) < 4.78 is 11.1. The summed E-state index contributed by atoms with van der Waals surface area (Å²) in [5.41, 5.74) is 1.50. The first-order chi connectivity index (χ1) is 7.92. The van der Waals surface area contributed by atoms with E-state index in [4.69, 9.17) is 9.47 Å². The van der Waals surface area contributed by atoms with Crippen LogP contribution in [0.4, 0.5) is 0 Å². The fraction of sp³-hybridized carbons (Fsp3) is 0.500. The number of carbonyl (C=O) groups is 1. The van der Waals surface area contributed by atoms with Gasteiger partial charge in [0.2, 0.25) is 0 Å². The largest absolute Gasteiger partial charge is 0.491 e. The molecule has 0 radical (unpaired) electrons. The number of aldehydes is 1. The lowest BCUT2D eigenvalue weighted by Crippen LogP contribution is -2.22. The van der Waals surface area contributed by atoms with E-state index in [-0.39, 0.29) is 5.60 Å². The number of ether oxygens (including phenoxy) is 2. The Kier molecular flexibility index (Phi) is 4.70. The molecule has 0 fully saturated rings. The first kappa shape index (κ1) is 13.7. The van der Waals surface area contributed by atoms with E-state index < -0.39 is 0 Å². The zero-order valence-corrected chi connectivity index (χ0v) is 10.9. The molecule has 0 aromatic heterocycles. The molecule has 0 spiro atoms. The van der Waals surface area contributed by atoms with Crippen molar-refractivity contribution in [2.24, 2.45) is 0 Å². The summed E-state index contributed by atoms with van der Waals surface area (Å²) in [6.07, 6.45) is 0.817. The van der Waals surface area contributed by atoms with Crippen LogP contribution in [-0.2, 0) is 4.74 Å². The van der Waals surface area contributed by atoms with Crippen LogP contribution in [0.1, 0.15) is 36.7 Å². The molecule has 17 heavy (non-hydrogen) atoms. The van der Waals surface area contributed by atoms with Gasteiger partial charge in [-0.25, -0.2) is 0 Å². The molecule has 0 atom stereocenters. The smallest absolute Gasteiger partial charge is 0.150 e. The molecule has 0 N–H and O–H groups in total. The average Bonchev–Trinajstić information content (AvgIpc) is 2.25. The van der Waals surface area contributed by atoms with Gasteiger partial charge in [-0.05, 0) is 39.3 Å². The summed E-state index contributed by atoms with van der Waals surface area (Å²) in [4.78, 5) is 10.7. The van der Waals surface area contributed by atoms with E-state index in [0.717, 1.165) is 17.6 Å². The van der Waals surface area contributed by atoms with E-state index in [0.29, 0.717) is 18.8 Å². The molecule has 3 heteroatoms. The van der Waals surface area contributed by atoms with Gasteiger partial charge in [0.15, 0.2) is 0 Å². The number of benzene rings is 1. The van der Waals surface area contributed by atoms with Gasteiger partial charge in [-0.3, -0.25) is 4.79 Å². The number of hydrogen-bond acceptors (Lipinski definition) is 3. The lowest BCUT2D eigenvalue weighted by molar-refractivity contribution is -0.0163. The summed E-state index contributed by atoms with van der Waals surface area (Å²) in [7, 11) is 0. The molecular formula is C14H20O3. The predicted octanol–water partition coefficient (Wildman–Crippen LogP) is 3.00. The van der Waals surface area contributed by atoms with Crippen molar-refractivity contribution in [3.63, 3.8) is 0 Å². The molecule has 0 aliphatic heterocycles. The Bertz CT molecular complexity index is 378. The molecule has 0 unspecified atom stereocenters. The van der Waals surface area contributed by atoms with Crippen molar-refractivity contribution in [1.82, 2.24) is 0 Å². The van der Waals surface area contributed by atoms with Crippen molar-refractivity contribution in [2.45, 2.75) is 33.3 Å². The van der Waals surface area contributed by atoms with Crippen molar-refractivity contribution in [3.8, 4) is 5.75 Å². The second-order valence-electron chi connectivity index (χ2n) is 4.95. The normalized spacial score (nSPS) is 11.3. The third-order valence-electron chi connectivity index (χ3n) is 2.22. The van der Waals surface area contributed by atoms with Gasteiger partial charge in [-0.15, -0.1) is 0 Å². The van der Waals surface area contributed by atoms with Gasteiger partial charge in [-0.1, -0.05) is 12.1 Å². The predicted molar refractivity (Wildman–Crippen MR) is 67.8 cm³/mol. The third-order valence-corrected chi connectivity index (χ3v) is 2.22. The van der Waals surface area contributed by atoms with Crippen LogP contribution in [0.25, 0.3) is 0 Å². The van der Waals surface area contributed by atoms with Gasteiger partial charge < -0.3 is 9.47 Å². The number of aryl methyl sites for hydroxylation is 1. The highest BCUT2D eigenvalue weighted by Crippen LogP contribution is 2.18. The van der Waals surface area contributed by atoms with E-state index in [9.17, 15) is 4.79 Å². The van der Waals surface area contributed by atoms with Crippen LogP contribution in [0.15, 0.2) is 18.2 Å². The number of carbonyl (C=O) groups excluding carboxylic acids is 1. The van der Waals surface area contributed by atoms with Gasteiger partial charge in [0.1, 0.15) is 18.6 Å². The van der Waals surface area contributed by atoms with Gasteiger partial charge in [0.25, 0.3) is 0 Å². The molecular weight excluding hydrogens is 216 g/mol. The Hall–Kier alpha value is -1.35. The lowest BCUT2D eigenvalue weighted by Gasteiger charge is -2.19. The van der Waals surface area contributed by atoms with Gasteiger partial charge in [0, 0.05) is 5.56 Å². The molecule has 0 aliphatic carbocycles. The van der Waals surface area contributed by atoms with Crippen LogP contribution in [0.3, 0.4) is 0 Å². The minimum Gasteiger partial charge on any atom is -0.491 e. The van der Waals surface area contributed by atoms with E-state index in [1.165, 1.54) is 0 Å². The van der Waals surface area contributed by atoms with Crippen molar-refractivity contribution in [3.05, 3.63) is 29.3 Å². The Morgan fingerprint density at radius 1 is 1.24 bits per heavy atom. The Morgan fingerprint density at radius 2 is 1.94 bits per heavy atom. The monoisotopic (exact) mass is 236 g/mol. The molecule has 1 aromatic carbocycles.